The molecule has 130 valence electrons. The Morgan fingerprint density at radius 2 is 1.77 bits per heavy atom. The van der Waals surface area contributed by atoms with Gasteiger partial charge in [0.05, 0.1) is 0 Å². The van der Waals surface area contributed by atoms with Gasteiger partial charge >= 0.3 is 0 Å². The fourth-order valence-electron chi connectivity index (χ4n) is 3.04. The van der Waals surface area contributed by atoms with E-state index in [2.05, 4.69) is 65.8 Å². The zero-order chi connectivity index (χ0) is 16.1. The van der Waals surface area contributed by atoms with Gasteiger partial charge in [0.1, 0.15) is 0 Å². The third-order valence-electron chi connectivity index (χ3n) is 4.42. The van der Waals surface area contributed by atoms with Crippen molar-refractivity contribution in [3.8, 4) is 0 Å². The van der Waals surface area contributed by atoms with Gasteiger partial charge in [-0.15, -0.1) is 0 Å². The van der Waals surface area contributed by atoms with Crippen LogP contribution in [0.5, 0.6) is 0 Å². The maximum absolute atomic E-state index is 2.41. The Bertz CT molecular complexity index is 330. The molecule has 0 aliphatic rings. The standard InChI is InChI=1S/C21H38.CH4/c1-7-13-18(5)17-20(9-3)16-12-11-15-19(6)21(10-4)14-8-2;/h10-12,15,18,20H,7-9,13-14,16-17H2,1-6H3;1H4/b12-11+,19-15-,21-10-;/t18-,20?;/m0./s1. The molecule has 0 spiro atoms. The first kappa shape index (κ1) is 23.5. The molecule has 0 nitrogen and oxygen atoms in total. The van der Waals surface area contributed by atoms with Crippen molar-refractivity contribution in [1.29, 1.82) is 0 Å². The molecule has 0 fully saturated rings. The van der Waals surface area contributed by atoms with Crippen molar-refractivity contribution in [2.45, 2.75) is 93.9 Å². The van der Waals surface area contributed by atoms with E-state index in [1.165, 1.54) is 56.1 Å². The van der Waals surface area contributed by atoms with Crippen molar-refractivity contribution in [3.05, 3.63) is 35.5 Å². The van der Waals surface area contributed by atoms with E-state index in [0.29, 0.717) is 0 Å². The van der Waals surface area contributed by atoms with Gasteiger partial charge in [0.25, 0.3) is 0 Å². The summed E-state index contributed by atoms with van der Waals surface area (Å²) >= 11 is 0. The van der Waals surface area contributed by atoms with Crippen molar-refractivity contribution in [1.82, 2.24) is 0 Å². The fraction of sp³-hybridized carbons (Fsp3) is 0.727. The van der Waals surface area contributed by atoms with Crippen molar-refractivity contribution in [2.24, 2.45) is 11.8 Å². The zero-order valence-electron chi connectivity index (χ0n) is 15.4. The normalized spacial score (nSPS) is 15.7. The summed E-state index contributed by atoms with van der Waals surface area (Å²) in [6.45, 7) is 13.7. The maximum atomic E-state index is 2.41. The molecular formula is C22H42. The topological polar surface area (TPSA) is 0 Å². The molecule has 0 saturated heterocycles. The van der Waals surface area contributed by atoms with Gasteiger partial charge in [-0.1, -0.05) is 85.1 Å². The molecule has 1 unspecified atom stereocenters. The van der Waals surface area contributed by atoms with Crippen LogP contribution in [0.4, 0.5) is 0 Å². The predicted octanol–water partition coefficient (Wildman–Crippen LogP) is 8.11. The average Bonchev–Trinajstić information content (AvgIpc) is 2.47. The molecular weight excluding hydrogens is 264 g/mol. The molecule has 0 N–H and O–H groups in total. The number of hydrogen-bond donors (Lipinski definition) is 0. The Hall–Kier alpha value is -0.780. The molecule has 0 amide bonds. The van der Waals surface area contributed by atoms with Crippen molar-refractivity contribution >= 4 is 0 Å². The highest BCUT2D eigenvalue weighted by Crippen LogP contribution is 2.22. The van der Waals surface area contributed by atoms with Gasteiger partial charge in [-0.3, -0.25) is 0 Å². The Morgan fingerprint density at radius 1 is 1.09 bits per heavy atom. The SMILES string of the molecule is C.C\C=C(CCC)/C(C)=C\C=C\CC(CC)C[C@@H](C)CCC. The minimum Gasteiger partial charge on any atom is -0.0843 e. The molecule has 22 heavy (non-hydrogen) atoms. The first-order valence-electron chi connectivity index (χ1n) is 9.07. The molecule has 0 bridgehead atoms. The summed E-state index contributed by atoms with van der Waals surface area (Å²) in [4.78, 5) is 0. The molecule has 2 atom stereocenters. The second-order valence-corrected chi connectivity index (χ2v) is 6.48. The maximum Gasteiger partial charge on any atom is -0.0282 e. The highest BCUT2D eigenvalue weighted by atomic mass is 14.1. The first-order chi connectivity index (χ1) is 10.1. The summed E-state index contributed by atoms with van der Waals surface area (Å²) in [5.41, 5.74) is 2.91. The van der Waals surface area contributed by atoms with Crippen LogP contribution in [0.3, 0.4) is 0 Å². The summed E-state index contributed by atoms with van der Waals surface area (Å²) in [7, 11) is 0. The van der Waals surface area contributed by atoms with E-state index in [-0.39, 0.29) is 7.43 Å². The van der Waals surface area contributed by atoms with Crippen LogP contribution in [0.2, 0.25) is 0 Å². The first-order valence-corrected chi connectivity index (χ1v) is 9.07. The Kier molecular flexibility index (Phi) is 16.2. The van der Waals surface area contributed by atoms with Crippen molar-refractivity contribution in [2.75, 3.05) is 0 Å². The highest BCUT2D eigenvalue weighted by molar-refractivity contribution is 5.31. The van der Waals surface area contributed by atoms with E-state index in [1.807, 2.05) is 0 Å². The van der Waals surface area contributed by atoms with Gasteiger partial charge in [-0.2, -0.15) is 0 Å². The van der Waals surface area contributed by atoms with Crippen LogP contribution in [0.25, 0.3) is 0 Å². The van der Waals surface area contributed by atoms with Crippen molar-refractivity contribution < 1.29 is 0 Å². The minimum absolute atomic E-state index is 0. The lowest BCUT2D eigenvalue weighted by Crippen LogP contribution is -2.04. The van der Waals surface area contributed by atoms with Crippen molar-refractivity contribution in [3.63, 3.8) is 0 Å². The molecule has 0 saturated carbocycles. The highest BCUT2D eigenvalue weighted by Gasteiger charge is 2.09. The summed E-state index contributed by atoms with van der Waals surface area (Å²) in [5, 5.41) is 0. The van der Waals surface area contributed by atoms with Crippen LogP contribution in [0, 0.1) is 11.8 Å². The van der Waals surface area contributed by atoms with Crippen LogP contribution < -0.4 is 0 Å². The van der Waals surface area contributed by atoms with Gasteiger partial charge in [0.2, 0.25) is 0 Å². The quantitative estimate of drug-likeness (QED) is 0.338. The van der Waals surface area contributed by atoms with E-state index in [4.69, 9.17) is 0 Å². The zero-order valence-corrected chi connectivity index (χ0v) is 15.4. The van der Waals surface area contributed by atoms with Crippen LogP contribution >= 0.6 is 0 Å². The average molecular weight is 307 g/mol. The molecule has 0 radical (unpaired) electrons. The van der Waals surface area contributed by atoms with Gasteiger partial charge < -0.3 is 0 Å². The second kappa shape index (κ2) is 15.1. The molecule has 0 heteroatoms. The van der Waals surface area contributed by atoms with Crippen LogP contribution in [-0.2, 0) is 0 Å². The van der Waals surface area contributed by atoms with E-state index in [1.54, 1.807) is 0 Å². The van der Waals surface area contributed by atoms with Gasteiger partial charge in [-0.25, -0.2) is 0 Å². The summed E-state index contributed by atoms with van der Waals surface area (Å²) in [5.74, 6) is 1.73. The van der Waals surface area contributed by atoms with E-state index in [0.717, 1.165) is 11.8 Å². The third kappa shape index (κ3) is 10.9. The van der Waals surface area contributed by atoms with E-state index < -0.39 is 0 Å². The monoisotopic (exact) mass is 306 g/mol. The molecule has 0 aliphatic heterocycles. The lowest BCUT2D eigenvalue weighted by Gasteiger charge is -2.17. The van der Waals surface area contributed by atoms with Gasteiger partial charge in [0.15, 0.2) is 0 Å². The third-order valence-corrected chi connectivity index (χ3v) is 4.42. The van der Waals surface area contributed by atoms with Crippen LogP contribution in [0.15, 0.2) is 35.5 Å². The molecule has 0 aliphatic carbocycles. The predicted molar refractivity (Wildman–Crippen MR) is 105 cm³/mol. The summed E-state index contributed by atoms with van der Waals surface area (Å²) in [6, 6.07) is 0. The van der Waals surface area contributed by atoms with Crippen LogP contribution in [0.1, 0.15) is 93.9 Å². The van der Waals surface area contributed by atoms with E-state index >= 15 is 0 Å². The number of hydrogen-bond acceptors (Lipinski definition) is 0. The van der Waals surface area contributed by atoms with Gasteiger partial charge in [-0.05, 0) is 56.1 Å². The molecule has 0 heterocycles. The van der Waals surface area contributed by atoms with E-state index in [9.17, 15) is 0 Å². The number of allylic oxidation sites excluding steroid dienone is 6. The lowest BCUT2D eigenvalue weighted by molar-refractivity contribution is 0.365. The van der Waals surface area contributed by atoms with Crippen LogP contribution in [-0.4, -0.2) is 0 Å². The molecule has 0 aromatic rings. The molecule has 0 rings (SSSR count). The molecule has 0 aromatic carbocycles. The Labute approximate surface area is 141 Å². The fourth-order valence-corrected chi connectivity index (χ4v) is 3.04. The van der Waals surface area contributed by atoms with Gasteiger partial charge in [0, 0.05) is 0 Å². The number of rotatable bonds is 11. The lowest BCUT2D eigenvalue weighted by atomic mass is 9.88. The summed E-state index contributed by atoms with van der Waals surface area (Å²) in [6.07, 6.45) is 18.2. The Balaban J connectivity index is 0. The smallest absolute Gasteiger partial charge is 0.0282 e. The minimum atomic E-state index is 0. The summed E-state index contributed by atoms with van der Waals surface area (Å²) < 4.78 is 0. The Morgan fingerprint density at radius 3 is 2.27 bits per heavy atom. The largest absolute Gasteiger partial charge is 0.0843 e. The second-order valence-electron chi connectivity index (χ2n) is 6.48. The molecule has 0 aromatic heterocycles.